The number of rotatable bonds is 13. The molecule has 3 rings (SSSR count). The minimum Gasteiger partial charge on any atom is -0.504 e. The van der Waals surface area contributed by atoms with Gasteiger partial charge in [0.2, 0.25) is 5.75 Å². The lowest BCUT2D eigenvalue weighted by molar-refractivity contribution is 0.349. The molecule has 0 fully saturated rings. The number of unbranched alkanes of at least 4 members (excludes halogenated alkanes) is 2. The van der Waals surface area contributed by atoms with Crippen LogP contribution in [0.15, 0.2) is 41.3 Å². The first-order chi connectivity index (χ1) is 16.5. The molecule has 1 heterocycles. The number of ether oxygens (including phenoxy) is 2. The van der Waals surface area contributed by atoms with Gasteiger partial charge in [-0.2, -0.15) is 0 Å². The number of aryl methyl sites for hydroxylation is 2. The molecule has 1 unspecified atom stereocenters. The number of nitrogens with zero attached hydrogens (tertiary/aromatic N) is 2. The number of aromatic nitrogens is 2. The highest BCUT2D eigenvalue weighted by Gasteiger charge is 2.13. The normalized spacial score (nSPS) is 12.1. The molecule has 0 radical (unpaired) electrons. The average molecular weight is 469 g/mol. The van der Waals surface area contributed by atoms with E-state index >= 15 is 0 Å². The van der Waals surface area contributed by atoms with E-state index in [4.69, 9.17) is 9.47 Å². The monoisotopic (exact) mass is 468 g/mol. The lowest BCUT2D eigenvalue weighted by atomic mass is 9.90. The van der Waals surface area contributed by atoms with Gasteiger partial charge in [-0.25, -0.2) is 4.98 Å². The number of hydrogen-bond acceptors (Lipinski definition) is 6. The van der Waals surface area contributed by atoms with Crippen molar-refractivity contribution in [1.82, 2.24) is 9.55 Å². The molecule has 0 amide bonds. The summed E-state index contributed by atoms with van der Waals surface area (Å²) in [6.45, 7) is 2.87. The zero-order valence-electron chi connectivity index (χ0n) is 20.4. The molecule has 34 heavy (non-hydrogen) atoms. The lowest BCUT2D eigenvalue weighted by Gasteiger charge is -2.17. The fraction of sp³-hybridized carbons (Fsp3) is 0.481. The maximum Gasteiger partial charge on any atom is 0.269 e. The van der Waals surface area contributed by atoms with Gasteiger partial charge in [-0.05, 0) is 55.0 Å². The van der Waals surface area contributed by atoms with Crippen LogP contribution in [0, 0.1) is 5.92 Å². The Labute approximate surface area is 201 Å². The quantitative estimate of drug-likeness (QED) is 0.256. The molecule has 0 saturated carbocycles. The number of methoxy groups -OCH3 is 2. The van der Waals surface area contributed by atoms with E-state index in [1.165, 1.54) is 13.3 Å². The highest BCUT2D eigenvalue weighted by atomic mass is 16.5. The van der Waals surface area contributed by atoms with E-state index in [1.807, 2.05) is 18.2 Å². The van der Waals surface area contributed by atoms with Crippen molar-refractivity contribution in [1.29, 1.82) is 0 Å². The third kappa shape index (κ3) is 6.43. The zero-order valence-corrected chi connectivity index (χ0v) is 20.4. The van der Waals surface area contributed by atoms with Gasteiger partial charge in [0, 0.05) is 12.6 Å². The predicted octanol–water partition coefficient (Wildman–Crippen LogP) is 5.43. The van der Waals surface area contributed by atoms with Crippen LogP contribution in [0.1, 0.15) is 57.4 Å². The summed E-state index contributed by atoms with van der Waals surface area (Å²) < 4.78 is 12.3. The molecule has 1 aromatic heterocycles. The van der Waals surface area contributed by atoms with Gasteiger partial charge < -0.3 is 24.3 Å². The highest BCUT2D eigenvalue weighted by Crippen LogP contribution is 2.37. The molecule has 0 aliphatic heterocycles. The van der Waals surface area contributed by atoms with Crippen molar-refractivity contribution in [2.75, 3.05) is 14.2 Å². The summed E-state index contributed by atoms with van der Waals surface area (Å²) in [5, 5.41) is 19.8. The molecule has 0 aliphatic carbocycles. The molecular formula is C27H36N2O5. The van der Waals surface area contributed by atoms with Crippen LogP contribution >= 0.6 is 0 Å². The van der Waals surface area contributed by atoms with Crippen molar-refractivity contribution >= 4 is 11.0 Å². The standard InChI is InChI=1S/C27H36N2O5/c1-4-8-19(10-11-20-15-24(30)27(32)25(16-20)34-3)9-6-5-7-14-29-23-17-21(33-2)12-13-22(23)28-18-26(29)31/h12-13,15-19,30,32H,4-11,14H2,1-3H3. The van der Waals surface area contributed by atoms with Gasteiger partial charge >= 0.3 is 0 Å². The summed E-state index contributed by atoms with van der Waals surface area (Å²) in [7, 11) is 3.10. The molecule has 0 aliphatic rings. The topological polar surface area (TPSA) is 93.8 Å². The molecule has 0 bridgehead atoms. The second-order valence-electron chi connectivity index (χ2n) is 8.81. The SMILES string of the molecule is CCCC(CCCCCn1c(=O)cnc2ccc(OC)cc21)CCc1cc(O)c(O)c(OC)c1. The Morgan fingerprint density at radius 2 is 1.82 bits per heavy atom. The summed E-state index contributed by atoms with van der Waals surface area (Å²) in [6.07, 6.45) is 9.76. The van der Waals surface area contributed by atoms with Crippen molar-refractivity contribution in [2.24, 2.45) is 5.92 Å². The molecular weight excluding hydrogens is 432 g/mol. The van der Waals surface area contributed by atoms with Crippen LogP contribution in [0.4, 0.5) is 0 Å². The number of benzene rings is 2. The lowest BCUT2D eigenvalue weighted by Crippen LogP contribution is -2.20. The number of hydrogen-bond donors (Lipinski definition) is 2. The number of phenolic OH excluding ortho intramolecular Hbond substituents is 2. The number of phenols is 2. The van der Waals surface area contributed by atoms with E-state index in [2.05, 4.69) is 11.9 Å². The summed E-state index contributed by atoms with van der Waals surface area (Å²) in [5.74, 6) is 1.27. The Bertz CT molecular complexity index is 1140. The van der Waals surface area contributed by atoms with Crippen LogP contribution in [0.3, 0.4) is 0 Å². The Balaban J connectivity index is 1.52. The van der Waals surface area contributed by atoms with Crippen molar-refractivity contribution in [3.63, 3.8) is 0 Å². The van der Waals surface area contributed by atoms with Gasteiger partial charge in [-0.3, -0.25) is 4.79 Å². The van der Waals surface area contributed by atoms with E-state index < -0.39 is 0 Å². The van der Waals surface area contributed by atoms with Gasteiger partial charge in [0.25, 0.3) is 5.56 Å². The third-order valence-corrected chi connectivity index (χ3v) is 6.42. The van der Waals surface area contributed by atoms with E-state index in [0.29, 0.717) is 18.2 Å². The Hall–Kier alpha value is -3.22. The van der Waals surface area contributed by atoms with Gasteiger partial charge in [0.05, 0.1) is 31.4 Å². The number of aromatic hydroxyl groups is 2. The predicted molar refractivity (Wildman–Crippen MR) is 134 cm³/mol. The molecule has 3 aromatic rings. The van der Waals surface area contributed by atoms with Crippen LogP contribution in [0.25, 0.3) is 11.0 Å². The van der Waals surface area contributed by atoms with Gasteiger partial charge in [-0.1, -0.05) is 39.0 Å². The molecule has 0 spiro atoms. The zero-order chi connectivity index (χ0) is 24.5. The Morgan fingerprint density at radius 3 is 2.56 bits per heavy atom. The smallest absolute Gasteiger partial charge is 0.269 e. The van der Waals surface area contributed by atoms with Gasteiger partial charge in [-0.15, -0.1) is 0 Å². The van der Waals surface area contributed by atoms with Crippen LogP contribution in [0.2, 0.25) is 0 Å². The largest absolute Gasteiger partial charge is 0.504 e. The molecule has 1 atom stereocenters. The minimum atomic E-state index is -0.212. The van der Waals surface area contributed by atoms with E-state index in [0.717, 1.165) is 73.7 Å². The first-order valence-electron chi connectivity index (χ1n) is 12.1. The molecule has 0 saturated heterocycles. The van der Waals surface area contributed by atoms with E-state index in [-0.39, 0.29) is 17.1 Å². The highest BCUT2D eigenvalue weighted by molar-refractivity contribution is 5.76. The third-order valence-electron chi connectivity index (χ3n) is 6.42. The number of fused-ring (bicyclic) bond motifs is 1. The first kappa shape index (κ1) is 25.4. The summed E-state index contributed by atoms with van der Waals surface area (Å²) in [6, 6.07) is 9.02. The maximum absolute atomic E-state index is 12.4. The summed E-state index contributed by atoms with van der Waals surface area (Å²) in [5.41, 5.74) is 2.48. The van der Waals surface area contributed by atoms with Crippen LogP contribution in [-0.2, 0) is 13.0 Å². The van der Waals surface area contributed by atoms with E-state index in [9.17, 15) is 15.0 Å². The fourth-order valence-corrected chi connectivity index (χ4v) is 4.54. The molecule has 7 heteroatoms. The van der Waals surface area contributed by atoms with E-state index in [1.54, 1.807) is 23.8 Å². The summed E-state index contributed by atoms with van der Waals surface area (Å²) in [4.78, 5) is 16.7. The van der Waals surface area contributed by atoms with Gasteiger partial charge in [0.1, 0.15) is 5.75 Å². The molecule has 7 nitrogen and oxygen atoms in total. The van der Waals surface area contributed by atoms with Crippen LogP contribution in [0.5, 0.6) is 23.0 Å². The van der Waals surface area contributed by atoms with Crippen molar-refractivity contribution in [3.05, 3.63) is 52.4 Å². The Morgan fingerprint density at radius 1 is 1.00 bits per heavy atom. The van der Waals surface area contributed by atoms with Crippen molar-refractivity contribution in [2.45, 2.75) is 64.8 Å². The van der Waals surface area contributed by atoms with Gasteiger partial charge in [0.15, 0.2) is 11.5 Å². The van der Waals surface area contributed by atoms with Crippen LogP contribution < -0.4 is 15.0 Å². The first-order valence-corrected chi connectivity index (χ1v) is 12.1. The van der Waals surface area contributed by atoms with Crippen molar-refractivity contribution < 1.29 is 19.7 Å². The average Bonchev–Trinajstić information content (AvgIpc) is 2.84. The Kier molecular flexibility index (Phi) is 9.19. The molecule has 2 aromatic carbocycles. The fourth-order valence-electron chi connectivity index (χ4n) is 4.54. The minimum absolute atomic E-state index is 0.0859. The van der Waals surface area contributed by atoms with Crippen molar-refractivity contribution in [3.8, 4) is 23.0 Å². The molecule has 2 N–H and O–H groups in total. The second-order valence-corrected chi connectivity index (χ2v) is 8.81. The molecule has 184 valence electrons. The van der Waals surface area contributed by atoms with Crippen LogP contribution in [-0.4, -0.2) is 34.0 Å². The second kappa shape index (κ2) is 12.3. The summed E-state index contributed by atoms with van der Waals surface area (Å²) >= 11 is 0. The maximum atomic E-state index is 12.4.